The molecular formula is C25H28FN3O3. The zero-order valence-electron chi connectivity index (χ0n) is 18.7. The summed E-state index contributed by atoms with van der Waals surface area (Å²) in [4.78, 5) is 19.0. The first-order valence-corrected chi connectivity index (χ1v) is 11.0. The number of likely N-dealkylation sites (tertiary alicyclic amines) is 1. The quantitative estimate of drug-likeness (QED) is 0.537. The Hall–Kier alpha value is -3.22. The van der Waals surface area contributed by atoms with Crippen molar-refractivity contribution in [2.75, 3.05) is 19.7 Å². The Bertz CT molecular complexity index is 1100. The largest absolute Gasteiger partial charge is 0.484 e. The summed E-state index contributed by atoms with van der Waals surface area (Å²) in [6.07, 6.45) is 1.70. The molecule has 1 fully saturated rings. The third-order valence-electron chi connectivity index (χ3n) is 5.87. The van der Waals surface area contributed by atoms with Gasteiger partial charge in [-0.15, -0.1) is 0 Å². The maximum Gasteiger partial charge on any atom is 0.260 e. The molecule has 0 N–H and O–H groups in total. The lowest BCUT2D eigenvalue weighted by Gasteiger charge is -2.31. The van der Waals surface area contributed by atoms with Gasteiger partial charge in [-0.05, 0) is 61.1 Å². The van der Waals surface area contributed by atoms with Gasteiger partial charge in [0, 0.05) is 18.7 Å². The molecule has 0 radical (unpaired) electrons. The van der Waals surface area contributed by atoms with Gasteiger partial charge in [0.25, 0.3) is 5.91 Å². The van der Waals surface area contributed by atoms with Gasteiger partial charge in [0.05, 0.1) is 5.92 Å². The smallest absolute Gasteiger partial charge is 0.260 e. The molecule has 32 heavy (non-hydrogen) atoms. The normalized spacial score (nSPS) is 16.4. The van der Waals surface area contributed by atoms with E-state index in [9.17, 15) is 9.18 Å². The standard InChI is InChI=1S/C25H28FN3O3/c1-16(2)22-10-9-21(12-17(22)3)31-15-23(30)29-11-5-7-19(14-29)25-27-24(28-32-25)18-6-4-8-20(26)13-18/h4,6,8-10,12-13,16,19H,5,7,11,14-15H2,1-3H3. The minimum Gasteiger partial charge on any atom is -0.484 e. The van der Waals surface area contributed by atoms with Gasteiger partial charge in [0.15, 0.2) is 6.61 Å². The average molecular weight is 438 g/mol. The van der Waals surface area contributed by atoms with Crippen LogP contribution < -0.4 is 4.74 Å². The minimum atomic E-state index is -0.350. The summed E-state index contributed by atoms with van der Waals surface area (Å²) in [6, 6.07) is 12.0. The van der Waals surface area contributed by atoms with Crippen LogP contribution >= 0.6 is 0 Å². The molecule has 1 aromatic heterocycles. The minimum absolute atomic E-state index is 0.00837. The first kappa shape index (κ1) is 22.0. The number of benzene rings is 2. The number of carbonyl (C=O) groups is 1. The second-order valence-corrected chi connectivity index (χ2v) is 8.61. The van der Waals surface area contributed by atoms with Gasteiger partial charge < -0.3 is 14.2 Å². The second kappa shape index (κ2) is 9.51. The lowest BCUT2D eigenvalue weighted by Crippen LogP contribution is -2.41. The van der Waals surface area contributed by atoms with Crippen molar-refractivity contribution in [1.82, 2.24) is 15.0 Å². The van der Waals surface area contributed by atoms with Crippen LogP contribution in [0.15, 0.2) is 47.0 Å². The Kier molecular flexibility index (Phi) is 6.53. The SMILES string of the molecule is Cc1cc(OCC(=O)N2CCCC(c3nc(-c4cccc(F)c4)no3)C2)ccc1C(C)C. The van der Waals surface area contributed by atoms with E-state index in [1.807, 2.05) is 12.1 Å². The van der Waals surface area contributed by atoms with Crippen molar-refractivity contribution in [2.45, 2.75) is 45.4 Å². The first-order chi connectivity index (χ1) is 15.4. The summed E-state index contributed by atoms with van der Waals surface area (Å²) in [7, 11) is 0. The monoisotopic (exact) mass is 437 g/mol. The van der Waals surface area contributed by atoms with Crippen molar-refractivity contribution in [1.29, 1.82) is 0 Å². The fraction of sp³-hybridized carbons (Fsp3) is 0.400. The van der Waals surface area contributed by atoms with Crippen LogP contribution in [0.25, 0.3) is 11.4 Å². The molecule has 0 aliphatic carbocycles. The molecule has 168 valence electrons. The Morgan fingerprint density at radius 1 is 1.28 bits per heavy atom. The lowest BCUT2D eigenvalue weighted by molar-refractivity contribution is -0.134. The highest BCUT2D eigenvalue weighted by Gasteiger charge is 2.29. The highest BCUT2D eigenvalue weighted by Crippen LogP contribution is 2.28. The summed E-state index contributed by atoms with van der Waals surface area (Å²) in [5.74, 6) is 1.51. The van der Waals surface area contributed by atoms with Gasteiger partial charge in [-0.2, -0.15) is 4.98 Å². The van der Waals surface area contributed by atoms with Gasteiger partial charge in [-0.25, -0.2) is 4.39 Å². The molecule has 1 unspecified atom stereocenters. The van der Waals surface area contributed by atoms with Crippen LogP contribution in [-0.4, -0.2) is 40.6 Å². The van der Waals surface area contributed by atoms with Crippen LogP contribution in [0.5, 0.6) is 5.75 Å². The number of amides is 1. The van der Waals surface area contributed by atoms with Crippen molar-refractivity contribution in [3.63, 3.8) is 0 Å². The summed E-state index contributed by atoms with van der Waals surface area (Å²) in [6.45, 7) is 7.54. The van der Waals surface area contributed by atoms with E-state index < -0.39 is 0 Å². The fourth-order valence-electron chi connectivity index (χ4n) is 4.17. The van der Waals surface area contributed by atoms with Crippen LogP contribution in [0.3, 0.4) is 0 Å². The van der Waals surface area contributed by atoms with Crippen molar-refractivity contribution < 1.29 is 18.4 Å². The van der Waals surface area contributed by atoms with E-state index in [-0.39, 0.29) is 24.2 Å². The van der Waals surface area contributed by atoms with Crippen molar-refractivity contribution >= 4 is 5.91 Å². The van der Waals surface area contributed by atoms with Crippen LogP contribution in [-0.2, 0) is 4.79 Å². The average Bonchev–Trinajstić information content (AvgIpc) is 3.28. The van der Waals surface area contributed by atoms with Crippen LogP contribution in [0.4, 0.5) is 4.39 Å². The van der Waals surface area contributed by atoms with Gasteiger partial charge in [-0.1, -0.05) is 37.2 Å². The van der Waals surface area contributed by atoms with Crippen LogP contribution in [0.2, 0.25) is 0 Å². The van der Waals surface area contributed by atoms with Gasteiger partial charge in [0.1, 0.15) is 11.6 Å². The van der Waals surface area contributed by atoms with E-state index in [2.05, 4.69) is 37.0 Å². The number of hydrogen-bond donors (Lipinski definition) is 0. The number of aromatic nitrogens is 2. The van der Waals surface area contributed by atoms with E-state index in [0.29, 0.717) is 42.0 Å². The number of carbonyl (C=O) groups excluding carboxylic acids is 1. The topological polar surface area (TPSA) is 68.5 Å². The van der Waals surface area contributed by atoms with Crippen molar-refractivity contribution in [3.8, 4) is 17.1 Å². The van der Waals surface area contributed by atoms with Gasteiger partial charge in [-0.3, -0.25) is 4.79 Å². The molecule has 1 aliphatic rings. The molecule has 1 saturated heterocycles. The van der Waals surface area contributed by atoms with Gasteiger partial charge in [0.2, 0.25) is 11.7 Å². The third-order valence-corrected chi connectivity index (χ3v) is 5.87. The number of rotatable bonds is 6. The molecule has 0 bridgehead atoms. The number of halogens is 1. The number of ether oxygens (including phenoxy) is 1. The molecular weight excluding hydrogens is 409 g/mol. The molecule has 1 aliphatic heterocycles. The molecule has 6 nitrogen and oxygen atoms in total. The highest BCUT2D eigenvalue weighted by molar-refractivity contribution is 5.78. The van der Waals surface area contributed by atoms with E-state index in [4.69, 9.17) is 9.26 Å². The summed E-state index contributed by atoms with van der Waals surface area (Å²) in [5, 5.41) is 4.00. The lowest BCUT2D eigenvalue weighted by atomic mass is 9.98. The third kappa shape index (κ3) is 4.98. The number of piperidine rings is 1. The Balaban J connectivity index is 1.37. The molecule has 7 heteroatoms. The molecule has 0 spiro atoms. The van der Waals surface area contributed by atoms with E-state index in [0.717, 1.165) is 18.4 Å². The maximum atomic E-state index is 13.5. The molecule has 2 aromatic carbocycles. The van der Waals surface area contributed by atoms with Crippen molar-refractivity contribution in [2.24, 2.45) is 0 Å². The first-order valence-electron chi connectivity index (χ1n) is 11.0. The number of nitrogens with zero attached hydrogens (tertiary/aromatic N) is 3. The molecule has 4 rings (SSSR count). The number of aryl methyl sites for hydroxylation is 1. The van der Waals surface area contributed by atoms with E-state index in [1.54, 1.807) is 17.0 Å². The second-order valence-electron chi connectivity index (χ2n) is 8.61. The summed E-state index contributed by atoms with van der Waals surface area (Å²) in [5.41, 5.74) is 3.00. The van der Waals surface area contributed by atoms with E-state index in [1.165, 1.54) is 17.7 Å². The number of hydrogen-bond acceptors (Lipinski definition) is 5. The Morgan fingerprint density at radius 3 is 2.88 bits per heavy atom. The fourth-order valence-corrected chi connectivity index (χ4v) is 4.17. The van der Waals surface area contributed by atoms with Crippen LogP contribution in [0.1, 0.15) is 55.5 Å². The Morgan fingerprint density at radius 2 is 2.12 bits per heavy atom. The zero-order valence-corrected chi connectivity index (χ0v) is 18.7. The van der Waals surface area contributed by atoms with E-state index >= 15 is 0 Å². The van der Waals surface area contributed by atoms with Gasteiger partial charge >= 0.3 is 0 Å². The molecule has 3 aromatic rings. The maximum absolute atomic E-state index is 13.5. The highest BCUT2D eigenvalue weighted by atomic mass is 19.1. The molecule has 1 atom stereocenters. The predicted octanol–water partition coefficient (Wildman–Crippen LogP) is 5.09. The Labute approximate surface area is 187 Å². The molecule has 2 heterocycles. The van der Waals surface area contributed by atoms with Crippen LogP contribution in [0, 0.1) is 12.7 Å². The molecule has 1 amide bonds. The summed E-state index contributed by atoms with van der Waals surface area (Å²) < 4.78 is 24.7. The molecule has 0 saturated carbocycles. The zero-order chi connectivity index (χ0) is 22.7. The predicted molar refractivity (Wildman–Crippen MR) is 119 cm³/mol. The van der Waals surface area contributed by atoms with Crippen molar-refractivity contribution in [3.05, 3.63) is 65.3 Å². The summed E-state index contributed by atoms with van der Waals surface area (Å²) >= 11 is 0.